The SMILES string of the molecule is CCSCC(O)(C(Nc1cccc2nc(C)ccc12)c1cc(F)cc(Cl)c1OC)C(F)(F)F. The van der Waals surface area contributed by atoms with Gasteiger partial charge in [0, 0.05) is 28.1 Å². The van der Waals surface area contributed by atoms with Crippen molar-refractivity contribution >= 4 is 40.0 Å². The summed E-state index contributed by atoms with van der Waals surface area (Å²) in [5.74, 6) is -1.37. The molecule has 178 valence electrons. The molecule has 33 heavy (non-hydrogen) atoms. The first kappa shape index (κ1) is 25.4. The molecule has 0 fully saturated rings. The molecule has 0 saturated heterocycles. The summed E-state index contributed by atoms with van der Waals surface area (Å²) in [6.07, 6.45) is -5.06. The summed E-state index contributed by atoms with van der Waals surface area (Å²) < 4.78 is 62.7. The number of alkyl halides is 3. The van der Waals surface area contributed by atoms with Crippen molar-refractivity contribution in [3.05, 3.63) is 64.6 Å². The Morgan fingerprint density at radius 3 is 2.58 bits per heavy atom. The summed E-state index contributed by atoms with van der Waals surface area (Å²) in [5, 5.41) is 14.3. The number of aliphatic hydroxyl groups is 1. The highest BCUT2D eigenvalue weighted by molar-refractivity contribution is 7.99. The third-order valence-corrected chi connectivity index (χ3v) is 6.55. The number of methoxy groups -OCH3 is 1. The van der Waals surface area contributed by atoms with Gasteiger partial charge in [0.1, 0.15) is 11.6 Å². The van der Waals surface area contributed by atoms with Gasteiger partial charge in [-0.1, -0.05) is 24.6 Å². The number of hydrogen-bond donors (Lipinski definition) is 2. The van der Waals surface area contributed by atoms with Crippen LogP contribution in [0.5, 0.6) is 5.75 Å². The second-order valence-electron chi connectivity index (χ2n) is 7.47. The van der Waals surface area contributed by atoms with Crippen molar-refractivity contribution in [2.75, 3.05) is 23.9 Å². The van der Waals surface area contributed by atoms with E-state index in [4.69, 9.17) is 16.3 Å². The fourth-order valence-corrected chi connectivity index (χ4v) is 4.73. The normalized spacial score (nSPS) is 14.7. The molecular weight excluding hydrogens is 480 g/mol. The van der Waals surface area contributed by atoms with E-state index in [9.17, 15) is 22.7 Å². The van der Waals surface area contributed by atoms with Gasteiger partial charge in [-0.05, 0) is 49.1 Å². The van der Waals surface area contributed by atoms with Crippen LogP contribution in [0.3, 0.4) is 0 Å². The topological polar surface area (TPSA) is 54.4 Å². The number of ether oxygens (including phenoxy) is 1. The van der Waals surface area contributed by atoms with Gasteiger partial charge in [-0.15, -0.1) is 0 Å². The monoisotopic (exact) mass is 502 g/mol. The lowest BCUT2D eigenvalue weighted by molar-refractivity contribution is -0.256. The van der Waals surface area contributed by atoms with Crippen LogP contribution in [0.1, 0.15) is 24.2 Å². The lowest BCUT2D eigenvalue weighted by Gasteiger charge is -2.39. The minimum Gasteiger partial charge on any atom is -0.495 e. The Bertz CT molecular complexity index is 1150. The highest BCUT2D eigenvalue weighted by Gasteiger charge is 2.59. The van der Waals surface area contributed by atoms with E-state index in [2.05, 4.69) is 10.3 Å². The summed E-state index contributed by atoms with van der Waals surface area (Å²) in [6.45, 7) is 3.48. The van der Waals surface area contributed by atoms with Gasteiger partial charge in [0.15, 0.2) is 5.60 Å². The van der Waals surface area contributed by atoms with Crippen LogP contribution < -0.4 is 10.1 Å². The number of rotatable bonds is 8. The number of nitrogens with zero attached hydrogens (tertiary/aromatic N) is 1. The molecule has 0 amide bonds. The van der Waals surface area contributed by atoms with Crippen molar-refractivity contribution in [2.24, 2.45) is 0 Å². The predicted octanol–water partition coefficient (Wildman–Crippen LogP) is 6.54. The third-order valence-electron chi connectivity index (χ3n) is 5.22. The molecule has 2 unspecified atom stereocenters. The molecule has 0 saturated carbocycles. The molecule has 3 aromatic rings. The number of anilines is 1. The van der Waals surface area contributed by atoms with Crippen molar-refractivity contribution in [3.63, 3.8) is 0 Å². The molecule has 0 bridgehead atoms. The van der Waals surface area contributed by atoms with Crippen LogP contribution in [0.2, 0.25) is 5.02 Å². The molecule has 3 rings (SSSR count). The van der Waals surface area contributed by atoms with Crippen LogP contribution in [0.25, 0.3) is 10.9 Å². The Morgan fingerprint density at radius 2 is 1.94 bits per heavy atom. The van der Waals surface area contributed by atoms with E-state index >= 15 is 0 Å². The second kappa shape index (κ2) is 9.95. The number of nitrogens with one attached hydrogen (secondary N) is 1. The maximum atomic E-state index is 14.4. The first-order valence-electron chi connectivity index (χ1n) is 10.0. The van der Waals surface area contributed by atoms with E-state index in [1.54, 1.807) is 44.2 Å². The van der Waals surface area contributed by atoms with Gasteiger partial charge in [0.05, 0.1) is 23.7 Å². The number of hydrogen-bond acceptors (Lipinski definition) is 5. The number of benzene rings is 2. The van der Waals surface area contributed by atoms with Crippen LogP contribution >= 0.6 is 23.4 Å². The minimum absolute atomic E-state index is 0.158. The van der Waals surface area contributed by atoms with Crippen LogP contribution in [0.4, 0.5) is 23.2 Å². The minimum atomic E-state index is -5.06. The molecule has 10 heteroatoms. The van der Waals surface area contributed by atoms with Gasteiger partial charge < -0.3 is 15.2 Å². The molecule has 2 atom stereocenters. The number of thioether (sulfide) groups is 1. The molecule has 0 spiro atoms. The number of pyridine rings is 1. The molecule has 0 aliphatic heterocycles. The third kappa shape index (κ3) is 5.15. The van der Waals surface area contributed by atoms with Crippen LogP contribution in [0, 0.1) is 12.7 Å². The quantitative estimate of drug-likeness (QED) is 0.342. The van der Waals surface area contributed by atoms with Gasteiger partial charge in [0.2, 0.25) is 0 Å². The highest BCUT2D eigenvalue weighted by atomic mass is 35.5. The molecule has 0 aliphatic rings. The van der Waals surface area contributed by atoms with E-state index in [1.165, 1.54) is 7.11 Å². The lowest BCUT2D eigenvalue weighted by atomic mass is 9.88. The van der Waals surface area contributed by atoms with Gasteiger partial charge in [-0.25, -0.2) is 4.39 Å². The van der Waals surface area contributed by atoms with Gasteiger partial charge >= 0.3 is 6.18 Å². The average Bonchev–Trinajstić information content (AvgIpc) is 2.74. The average molecular weight is 503 g/mol. The Hall–Kier alpha value is -2.23. The summed E-state index contributed by atoms with van der Waals surface area (Å²) in [5.41, 5.74) is -1.95. The summed E-state index contributed by atoms with van der Waals surface area (Å²) in [6, 6.07) is 8.38. The first-order valence-corrected chi connectivity index (χ1v) is 11.6. The van der Waals surface area contributed by atoms with Crippen molar-refractivity contribution < 1.29 is 27.4 Å². The molecule has 0 radical (unpaired) electrons. The highest BCUT2D eigenvalue weighted by Crippen LogP contribution is 2.48. The summed E-state index contributed by atoms with van der Waals surface area (Å²) in [4.78, 5) is 4.40. The molecule has 2 N–H and O–H groups in total. The van der Waals surface area contributed by atoms with Gasteiger partial charge in [-0.2, -0.15) is 24.9 Å². The molecule has 1 aromatic heterocycles. The predicted molar refractivity (Wildman–Crippen MR) is 125 cm³/mol. The summed E-state index contributed by atoms with van der Waals surface area (Å²) >= 11 is 7.01. The van der Waals surface area contributed by atoms with E-state index in [-0.39, 0.29) is 22.0 Å². The maximum absolute atomic E-state index is 14.4. The Labute approximate surface area is 198 Å². The van der Waals surface area contributed by atoms with E-state index in [1.807, 2.05) is 0 Å². The largest absolute Gasteiger partial charge is 0.495 e. The lowest BCUT2D eigenvalue weighted by Crippen LogP contribution is -2.54. The number of fused-ring (bicyclic) bond motifs is 1. The maximum Gasteiger partial charge on any atom is 0.420 e. The van der Waals surface area contributed by atoms with E-state index in [0.717, 1.165) is 29.6 Å². The Kier molecular flexibility index (Phi) is 7.65. The molecule has 4 nitrogen and oxygen atoms in total. The van der Waals surface area contributed by atoms with E-state index in [0.29, 0.717) is 16.7 Å². The van der Waals surface area contributed by atoms with Gasteiger partial charge in [-0.3, -0.25) is 4.98 Å². The van der Waals surface area contributed by atoms with Crippen LogP contribution in [-0.2, 0) is 0 Å². The van der Waals surface area contributed by atoms with Crippen molar-refractivity contribution in [2.45, 2.75) is 31.7 Å². The number of aryl methyl sites for hydroxylation is 1. The fourth-order valence-electron chi connectivity index (χ4n) is 3.59. The fraction of sp³-hybridized carbons (Fsp3) is 0.348. The first-order chi connectivity index (χ1) is 15.5. The second-order valence-corrected chi connectivity index (χ2v) is 9.15. The molecule has 0 aliphatic carbocycles. The summed E-state index contributed by atoms with van der Waals surface area (Å²) in [7, 11) is 1.22. The van der Waals surface area contributed by atoms with Crippen LogP contribution in [-0.4, -0.2) is 40.5 Å². The zero-order chi connectivity index (χ0) is 24.4. The van der Waals surface area contributed by atoms with Crippen molar-refractivity contribution in [1.82, 2.24) is 4.98 Å². The van der Waals surface area contributed by atoms with Gasteiger partial charge in [0.25, 0.3) is 0 Å². The number of halogens is 5. The molecule has 1 heterocycles. The smallest absolute Gasteiger partial charge is 0.420 e. The Balaban J connectivity index is 2.27. The zero-order valence-corrected chi connectivity index (χ0v) is 19.7. The van der Waals surface area contributed by atoms with Crippen LogP contribution in [0.15, 0.2) is 42.5 Å². The van der Waals surface area contributed by atoms with Crippen molar-refractivity contribution in [1.29, 1.82) is 0 Å². The Morgan fingerprint density at radius 1 is 1.21 bits per heavy atom. The zero-order valence-electron chi connectivity index (χ0n) is 18.1. The molecule has 2 aromatic carbocycles. The van der Waals surface area contributed by atoms with Crippen molar-refractivity contribution in [3.8, 4) is 5.75 Å². The number of aromatic nitrogens is 1. The molecular formula is C23H23ClF4N2O2S. The standard InChI is InChI=1S/C23H23ClF4N2O2S/c1-4-33-12-22(31,23(26,27)28)21(16-10-14(25)11-17(24)20(16)32-3)30-19-7-5-6-18-15(19)9-8-13(2)29-18/h5-11,21,30-31H,4,12H2,1-3H3. The van der Waals surface area contributed by atoms with E-state index < -0.39 is 29.4 Å².